The highest BCUT2D eigenvalue weighted by Crippen LogP contribution is 2.66. The molecular weight excluding hydrogens is 408 g/mol. The Balaban J connectivity index is 1.44. The van der Waals surface area contributed by atoms with Gasteiger partial charge in [0.25, 0.3) is 0 Å². The van der Waals surface area contributed by atoms with E-state index in [1.54, 1.807) is 0 Å². The third-order valence-corrected chi connectivity index (χ3v) is 10.6. The Bertz CT molecular complexity index is 787. The first-order valence-corrected chi connectivity index (χ1v) is 14.2. The Hall–Kier alpha value is -0.390. The van der Waals surface area contributed by atoms with Gasteiger partial charge in [0, 0.05) is 0 Å². The summed E-state index contributed by atoms with van der Waals surface area (Å²) in [5.74, 6) is 4.08. The van der Waals surface area contributed by atoms with Gasteiger partial charge in [0.15, 0.2) is 0 Å². The predicted octanol–water partition coefficient (Wildman–Crippen LogP) is 6.97. The van der Waals surface area contributed by atoms with Gasteiger partial charge in [0.05, 0.1) is 6.10 Å². The molecule has 0 aromatic carbocycles. The van der Waals surface area contributed by atoms with Gasteiger partial charge in [-0.05, 0) is 98.2 Å². The fourth-order valence-electron chi connectivity index (χ4n) is 8.41. The molecular formula is C26H44O4S. The van der Waals surface area contributed by atoms with Crippen LogP contribution in [0.4, 0.5) is 0 Å². The molecule has 31 heavy (non-hydrogen) atoms. The van der Waals surface area contributed by atoms with Crippen molar-refractivity contribution in [3.05, 3.63) is 11.6 Å². The highest BCUT2D eigenvalue weighted by atomic mass is 32.3. The van der Waals surface area contributed by atoms with Gasteiger partial charge in [-0.25, -0.2) is 4.18 Å². The zero-order valence-electron chi connectivity index (χ0n) is 20.1. The van der Waals surface area contributed by atoms with E-state index in [2.05, 4.69) is 33.8 Å². The summed E-state index contributed by atoms with van der Waals surface area (Å²) in [6.07, 6.45) is 16.6. The van der Waals surface area contributed by atoms with E-state index in [-0.39, 0.29) is 5.41 Å². The molecule has 0 aromatic heterocycles. The highest BCUT2D eigenvalue weighted by molar-refractivity contribution is 7.80. The summed E-state index contributed by atoms with van der Waals surface area (Å²) in [6.45, 7) is 9.72. The molecule has 4 aliphatic carbocycles. The molecule has 4 rings (SSSR count). The zero-order valence-corrected chi connectivity index (χ0v) is 20.9. The smallest absolute Gasteiger partial charge is 0.264 e. The van der Waals surface area contributed by atoms with Gasteiger partial charge in [-0.15, -0.1) is 0 Å². The van der Waals surface area contributed by atoms with Crippen molar-refractivity contribution in [2.24, 2.45) is 40.4 Å². The highest BCUT2D eigenvalue weighted by Gasteiger charge is 2.58. The van der Waals surface area contributed by atoms with E-state index >= 15 is 0 Å². The summed E-state index contributed by atoms with van der Waals surface area (Å²) in [5.41, 5.74) is 2.09. The van der Waals surface area contributed by atoms with Crippen LogP contribution in [0.25, 0.3) is 0 Å². The summed E-state index contributed by atoms with van der Waals surface area (Å²) in [5, 5.41) is 0. The van der Waals surface area contributed by atoms with Gasteiger partial charge in [-0.1, -0.05) is 58.6 Å². The van der Waals surface area contributed by atoms with Gasteiger partial charge in [-0.3, -0.25) is 4.55 Å². The van der Waals surface area contributed by atoms with Crippen molar-refractivity contribution in [1.82, 2.24) is 0 Å². The molecule has 3 fully saturated rings. The second-order valence-electron chi connectivity index (χ2n) is 12.1. The van der Waals surface area contributed by atoms with E-state index in [4.69, 9.17) is 8.74 Å². The molecule has 0 aromatic rings. The second kappa shape index (κ2) is 8.76. The van der Waals surface area contributed by atoms with Gasteiger partial charge in [-0.2, -0.15) is 8.42 Å². The van der Waals surface area contributed by atoms with E-state index in [1.807, 2.05) is 0 Å². The molecule has 0 radical (unpaired) electrons. The van der Waals surface area contributed by atoms with Crippen LogP contribution in [0.15, 0.2) is 11.6 Å². The Labute approximate surface area is 190 Å². The maximum Gasteiger partial charge on any atom is 0.397 e. The molecule has 5 heteroatoms. The minimum Gasteiger partial charge on any atom is -0.264 e. The van der Waals surface area contributed by atoms with E-state index in [1.165, 1.54) is 56.9 Å². The maximum atomic E-state index is 11.2. The van der Waals surface area contributed by atoms with E-state index in [0.717, 1.165) is 48.9 Å². The predicted molar refractivity (Wildman–Crippen MR) is 125 cm³/mol. The largest absolute Gasteiger partial charge is 0.397 e. The molecule has 0 bridgehead atoms. The number of allylic oxidation sites excluding steroid dienone is 1. The summed E-state index contributed by atoms with van der Waals surface area (Å²) < 4.78 is 36.5. The van der Waals surface area contributed by atoms with Crippen molar-refractivity contribution >= 4 is 10.4 Å². The average Bonchev–Trinajstić information content (AvgIpc) is 3.00. The fraction of sp³-hybridized carbons (Fsp3) is 0.923. The molecule has 0 aliphatic heterocycles. The second-order valence-corrected chi connectivity index (χ2v) is 13.2. The number of hydrogen-bond donors (Lipinski definition) is 1. The van der Waals surface area contributed by atoms with Crippen LogP contribution in [-0.2, 0) is 14.6 Å². The summed E-state index contributed by atoms with van der Waals surface area (Å²) in [4.78, 5) is 0. The normalized spacial score (nSPS) is 42.6. The molecule has 3 saturated carbocycles. The Kier molecular flexibility index (Phi) is 6.71. The average molecular weight is 453 g/mol. The molecule has 0 amide bonds. The van der Waals surface area contributed by atoms with Crippen LogP contribution in [0.3, 0.4) is 0 Å². The van der Waals surface area contributed by atoms with Crippen molar-refractivity contribution in [3.8, 4) is 0 Å². The Morgan fingerprint density at radius 2 is 1.87 bits per heavy atom. The van der Waals surface area contributed by atoms with Crippen molar-refractivity contribution in [2.45, 2.75) is 111 Å². The number of rotatable bonds is 7. The Morgan fingerprint density at radius 1 is 1.10 bits per heavy atom. The van der Waals surface area contributed by atoms with E-state index in [9.17, 15) is 8.42 Å². The first-order chi connectivity index (χ1) is 14.5. The summed E-state index contributed by atoms with van der Waals surface area (Å²) in [6, 6.07) is 0. The first-order valence-electron chi connectivity index (χ1n) is 12.9. The quantitative estimate of drug-likeness (QED) is 0.257. The van der Waals surface area contributed by atoms with Crippen LogP contribution >= 0.6 is 0 Å². The lowest BCUT2D eigenvalue weighted by molar-refractivity contribution is -0.0494. The van der Waals surface area contributed by atoms with Crippen LogP contribution in [0.1, 0.15) is 105 Å². The third-order valence-electron chi connectivity index (χ3n) is 10.1. The first kappa shape index (κ1) is 23.8. The zero-order chi connectivity index (χ0) is 22.4. The van der Waals surface area contributed by atoms with Crippen molar-refractivity contribution in [2.75, 3.05) is 0 Å². The van der Waals surface area contributed by atoms with Crippen molar-refractivity contribution in [3.63, 3.8) is 0 Å². The van der Waals surface area contributed by atoms with Gasteiger partial charge < -0.3 is 0 Å². The standard InChI is InChI=1S/C26H44O4S/c1-18(2)7-5-6-8-19-10-12-23-22-11-9-20-17-21(30-31(27,28)29)13-15-26(20,4)24(22)14-16-25(19,23)3/h9,18-19,21-24H,5-8,10-17H2,1-4H3,(H,27,28,29)/t19-,21-,22-,23-,24-,25+,26-/m0/s1. The monoisotopic (exact) mass is 452 g/mol. The van der Waals surface area contributed by atoms with Crippen molar-refractivity contribution < 1.29 is 17.2 Å². The number of unbranched alkanes of at least 4 members (excludes halogenated alkanes) is 1. The molecule has 4 nitrogen and oxygen atoms in total. The SMILES string of the molecule is CC(C)CCCC[C@H]1CC[C@H]2[C@@H]3CC=C4C[C@@H](OS(=O)(=O)O)CC[C@]4(C)[C@H]3CC[C@]12C. The van der Waals surface area contributed by atoms with Crippen LogP contribution in [0, 0.1) is 40.4 Å². The molecule has 0 spiro atoms. The Morgan fingerprint density at radius 3 is 2.58 bits per heavy atom. The molecule has 4 aliphatic rings. The topological polar surface area (TPSA) is 63.6 Å². The minimum absolute atomic E-state index is 0.179. The lowest BCUT2D eigenvalue weighted by Gasteiger charge is -2.58. The van der Waals surface area contributed by atoms with Gasteiger partial charge >= 0.3 is 10.4 Å². The van der Waals surface area contributed by atoms with Crippen molar-refractivity contribution in [1.29, 1.82) is 0 Å². The van der Waals surface area contributed by atoms with E-state index < -0.39 is 16.5 Å². The molecule has 0 heterocycles. The van der Waals surface area contributed by atoms with Crippen LogP contribution in [0.5, 0.6) is 0 Å². The maximum absolute atomic E-state index is 11.2. The number of fused-ring (bicyclic) bond motifs is 5. The third kappa shape index (κ3) is 4.66. The summed E-state index contributed by atoms with van der Waals surface area (Å²) in [7, 11) is -4.37. The molecule has 1 N–H and O–H groups in total. The lowest BCUT2D eigenvalue weighted by atomic mass is 9.47. The van der Waals surface area contributed by atoms with Crippen LogP contribution in [0.2, 0.25) is 0 Å². The van der Waals surface area contributed by atoms with Crippen LogP contribution < -0.4 is 0 Å². The molecule has 178 valence electrons. The van der Waals surface area contributed by atoms with Gasteiger partial charge in [0.1, 0.15) is 0 Å². The fourth-order valence-corrected chi connectivity index (χ4v) is 8.92. The minimum atomic E-state index is -4.37. The molecule has 0 saturated heterocycles. The molecule has 0 unspecified atom stereocenters. The van der Waals surface area contributed by atoms with Crippen LogP contribution in [-0.4, -0.2) is 19.1 Å². The van der Waals surface area contributed by atoms with Gasteiger partial charge in [0.2, 0.25) is 0 Å². The number of hydrogen-bond acceptors (Lipinski definition) is 3. The lowest BCUT2D eigenvalue weighted by Crippen LogP contribution is -2.50. The van der Waals surface area contributed by atoms with E-state index in [0.29, 0.717) is 11.8 Å². The molecule has 7 atom stereocenters. The summed E-state index contributed by atoms with van der Waals surface area (Å²) >= 11 is 0.